The maximum Gasteiger partial charge on any atom is 0.321 e. The van der Waals surface area contributed by atoms with Gasteiger partial charge in [0.25, 0.3) is 0 Å². The van der Waals surface area contributed by atoms with Crippen LogP contribution in [-0.4, -0.2) is 38.6 Å². The van der Waals surface area contributed by atoms with Gasteiger partial charge in [-0.2, -0.15) is 0 Å². The van der Waals surface area contributed by atoms with Crippen molar-refractivity contribution in [2.24, 2.45) is 0 Å². The number of halogens is 1. The number of likely N-dealkylation sites (tertiary alicyclic amines) is 1. The number of carbonyl (C=O) groups excluding carboxylic acids is 1. The Kier molecular flexibility index (Phi) is 4.63. The molecule has 3 heterocycles. The van der Waals surface area contributed by atoms with E-state index in [1.54, 1.807) is 6.20 Å². The number of hydrogen-bond donors (Lipinski definition) is 1. The zero-order valence-electron chi connectivity index (χ0n) is 14.5. The number of amides is 2. The number of nitrogens with one attached hydrogen (secondary N) is 1. The van der Waals surface area contributed by atoms with Crippen LogP contribution in [0.5, 0.6) is 0 Å². The normalized spacial score (nSPS) is 17.0. The Bertz CT molecular complexity index is 937. The van der Waals surface area contributed by atoms with Crippen LogP contribution in [0.15, 0.2) is 47.1 Å². The number of fused-ring (bicyclic) bond motifs is 1. The zero-order valence-corrected chi connectivity index (χ0v) is 16.1. The fraction of sp³-hybridized carbons (Fsp3) is 0.316. The minimum Gasteiger partial charge on any atom is -0.324 e. The Labute approximate surface area is 160 Å². The lowest BCUT2D eigenvalue weighted by atomic mass is 10.1. The van der Waals surface area contributed by atoms with Crippen molar-refractivity contribution in [2.75, 3.05) is 18.4 Å². The number of nitrogens with zero attached hydrogens (tertiary/aromatic N) is 4. The van der Waals surface area contributed by atoms with Gasteiger partial charge in [0.1, 0.15) is 11.3 Å². The highest BCUT2D eigenvalue weighted by molar-refractivity contribution is 9.10. The van der Waals surface area contributed by atoms with Crippen molar-refractivity contribution < 1.29 is 4.79 Å². The monoisotopic (exact) mass is 413 g/mol. The number of rotatable bonds is 3. The molecule has 0 unspecified atom stereocenters. The second-order valence-electron chi connectivity index (χ2n) is 6.43. The van der Waals surface area contributed by atoms with Gasteiger partial charge in [0.2, 0.25) is 0 Å². The Morgan fingerprint density at radius 2 is 2.12 bits per heavy atom. The summed E-state index contributed by atoms with van der Waals surface area (Å²) in [6.45, 7) is 4.33. The minimum absolute atomic E-state index is 0.0629. The molecule has 0 saturated carbocycles. The van der Waals surface area contributed by atoms with E-state index in [2.05, 4.69) is 37.7 Å². The number of hydrogen-bond acceptors (Lipinski definition) is 3. The fourth-order valence-corrected chi connectivity index (χ4v) is 3.75. The van der Waals surface area contributed by atoms with Crippen LogP contribution >= 0.6 is 15.9 Å². The van der Waals surface area contributed by atoms with Crippen molar-refractivity contribution in [1.29, 1.82) is 0 Å². The summed E-state index contributed by atoms with van der Waals surface area (Å²) in [5.74, 6) is 1.26. The van der Waals surface area contributed by atoms with Gasteiger partial charge in [-0.05, 0) is 49.7 Å². The molecule has 1 atom stereocenters. The number of anilines is 1. The molecule has 1 aliphatic rings. The number of imidazole rings is 1. The van der Waals surface area contributed by atoms with Crippen LogP contribution < -0.4 is 5.32 Å². The van der Waals surface area contributed by atoms with Crippen molar-refractivity contribution in [1.82, 2.24) is 19.4 Å². The predicted octanol–water partition coefficient (Wildman–Crippen LogP) is 4.24. The van der Waals surface area contributed by atoms with E-state index in [9.17, 15) is 4.79 Å². The highest BCUT2D eigenvalue weighted by atomic mass is 79.9. The van der Waals surface area contributed by atoms with Crippen molar-refractivity contribution in [3.05, 3.63) is 52.9 Å². The molecule has 26 heavy (non-hydrogen) atoms. The zero-order chi connectivity index (χ0) is 18.1. The van der Waals surface area contributed by atoms with E-state index >= 15 is 0 Å². The van der Waals surface area contributed by atoms with Gasteiger partial charge >= 0.3 is 6.03 Å². The lowest BCUT2D eigenvalue weighted by Crippen LogP contribution is -2.33. The number of aromatic nitrogens is 3. The molecule has 0 spiro atoms. The van der Waals surface area contributed by atoms with Crippen LogP contribution in [0.25, 0.3) is 11.2 Å². The molecule has 6 nitrogen and oxygen atoms in total. The van der Waals surface area contributed by atoms with E-state index < -0.39 is 0 Å². The van der Waals surface area contributed by atoms with E-state index in [4.69, 9.17) is 4.98 Å². The summed E-state index contributed by atoms with van der Waals surface area (Å²) in [5.41, 5.74) is 2.64. The maximum absolute atomic E-state index is 12.6. The van der Waals surface area contributed by atoms with Gasteiger partial charge in [0, 0.05) is 41.9 Å². The fourth-order valence-electron chi connectivity index (χ4n) is 3.49. The minimum atomic E-state index is -0.0629. The smallest absolute Gasteiger partial charge is 0.321 e. The van der Waals surface area contributed by atoms with Crippen molar-refractivity contribution in [3.8, 4) is 0 Å². The van der Waals surface area contributed by atoms with Gasteiger partial charge in [-0.25, -0.2) is 14.8 Å². The molecule has 0 aliphatic carbocycles. The molecule has 7 heteroatoms. The second-order valence-corrected chi connectivity index (χ2v) is 7.34. The molecule has 1 aliphatic heterocycles. The van der Waals surface area contributed by atoms with Crippen LogP contribution in [0.2, 0.25) is 0 Å². The first-order chi connectivity index (χ1) is 12.7. The van der Waals surface area contributed by atoms with Crippen LogP contribution in [0, 0.1) is 0 Å². The number of benzene rings is 1. The SMILES string of the molecule is CCn1c([C@@H]2CCN(C(=O)Nc3ccc(Br)cc3)C2)nc2cccnc21. The lowest BCUT2D eigenvalue weighted by molar-refractivity contribution is 0.222. The molecular formula is C19H20BrN5O. The van der Waals surface area contributed by atoms with Crippen LogP contribution in [0.4, 0.5) is 10.5 Å². The molecule has 2 aromatic heterocycles. The van der Waals surface area contributed by atoms with Gasteiger partial charge in [-0.3, -0.25) is 0 Å². The van der Waals surface area contributed by atoms with Gasteiger partial charge in [0.15, 0.2) is 5.65 Å². The Balaban J connectivity index is 1.50. The molecule has 1 aromatic carbocycles. The summed E-state index contributed by atoms with van der Waals surface area (Å²) >= 11 is 3.40. The lowest BCUT2D eigenvalue weighted by Gasteiger charge is -2.17. The first kappa shape index (κ1) is 17.0. The number of pyridine rings is 1. The molecule has 3 aromatic rings. The molecule has 1 N–H and O–H groups in total. The maximum atomic E-state index is 12.6. The number of aryl methyl sites for hydroxylation is 1. The second kappa shape index (κ2) is 7.07. The third-order valence-corrected chi connectivity index (χ3v) is 5.31. The van der Waals surface area contributed by atoms with Crippen molar-refractivity contribution >= 4 is 38.8 Å². The number of carbonyl (C=O) groups is 1. The molecule has 4 rings (SSSR count). The predicted molar refractivity (Wildman–Crippen MR) is 105 cm³/mol. The highest BCUT2D eigenvalue weighted by Gasteiger charge is 2.31. The van der Waals surface area contributed by atoms with Gasteiger partial charge in [0.05, 0.1) is 0 Å². The molecule has 0 radical (unpaired) electrons. The van der Waals surface area contributed by atoms with E-state index in [0.717, 1.165) is 46.7 Å². The summed E-state index contributed by atoms with van der Waals surface area (Å²) in [4.78, 5) is 23.7. The molecule has 134 valence electrons. The molecule has 2 amide bonds. The molecule has 1 saturated heterocycles. The van der Waals surface area contributed by atoms with Crippen molar-refractivity contribution in [3.63, 3.8) is 0 Å². The molecular weight excluding hydrogens is 394 g/mol. The average molecular weight is 414 g/mol. The standard InChI is InChI=1S/C19H20BrN5O/c1-2-25-17(23-16-4-3-10-21-18(16)25)13-9-11-24(12-13)19(26)22-15-7-5-14(20)6-8-15/h3-8,10,13H,2,9,11-12H2,1H3,(H,22,26)/t13-/m1/s1. The van der Waals surface area contributed by atoms with Crippen LogP contribution in [0.3, 0.4) is 0 Å². The Morgan fingerprint density at radius 1 is 1.31 bits per heavy atom. The summed E-state index contributed by atoms with van der Waals surface area (Å²) in [6, 6.07) is 11.4. The van der Waals surface area contributed by atoms with Gasteiger partial charge < -0.3 is 14.8 Å². The third-order valence-electron chi connectivity index (χ3n) is 4.79. The topological polar surface area (TPSA) is 63.1 Å². The Hall–Kier alpha value is -2.41. The van der Waals surface area contributed by atoms with E-state index in [-0.39, 0.29) is 11.9 Å². The first-order valence-corrected chi connectivity index (χ1v) is 9.57. The quantitative estimate of drug-likeness (QED) is 0.698. The van der Waals surface area contributed by atoms with Crippen LogP contribution in [0.1, 0.15) is 25.1 Å². The summed E-state index contributed by atoms with van der Waals surface area (Å²) in [6.07, 6.45) is 2.71. The summed E-state index contributed by atoms with van der Waals surface area (Å²) in [5, 5.41) is 2.96. The van der Waals surface area contributed by atoms with E-state index in [0.29, 0.717) is 6.54 Å². The molecule has 1 fully saturated rings. The first-order valence-electron chi connectivity index (χ1n) is 8.78. The number of urea groups is 1. The summed E-state index contributed by atoms with van der Waals surface area (Å²) < 4.78 is 3.15. The largest absolute Gasteiger partial charge is 0.324 e. The van der Waals surface area contributed by atoms with Gasteiger partial charge in [-0.15, -0.1) is 0 Å². The average Bonchev–Trinajstić information content (AvgIpc) is 3.27. The van der Waals surface area contributed by atoms with E-state index in [1.807, 2.05) is 41.3 Å². The highest BCUT2D eigenvalue weighted by Crippen LogP contribution is 2.29. The van der Waals surface area contributed by atoms with Gasteiger partial charge in [-0.1, -0.05) is 15.9 Å². The van der Waals surface area contributed by atoms with Crippen molar-refractivity contribution in [2.45, 2.75) is 25.8 Å². The van der Waals surface area contributed by atoms with Crippen LogP contribution in [-0.2, 0) is 6.54 Å². The third kappa shape index (κ3) is 3.19. The summed E-state index contributed by atoms with van der Waals surface area (Å²) in [7, 11) is 0. The van der Waals surface area contributed by atoms with E-state index in [1.165, 1.54) is 0 Å². The molecule has 0 bridgehead atoms. The Morgan fingerprint density at radius 3 is 2.88 bits per heavy atom.